The van der Waals surface area contributed by atoms with Gasteiger partial charge < -0.3 is 20.1 Å². The summed E-state index contributed by atoms with van der Waals surface area (Å²) in [6.45, 7) is 4.20. The number of carbonyl (C=O) groups is 1. The summed E-state index contributed by atoms with van der Waals surface area (Å²) in [5.74, 6) is -0.475. The second-order valence-corrected chi connectivity index (χ2v) is 6.28. The van der Waals surface area contributed by atoms with Crippen molar-refractivity contribution in [3.05, 3.63) is 29.6 Å². The number of methoxy groups -OCH3 is 1. The molecule has 134 valence electrons. The summed E-state index contributed by atoms with van der Waals surface area (Å²) in [4.78, 5) is 13.3. The maximum Gasteiger partial charge on any atom is 0.305 e. The lowest BCUT2D eigenvalue weighted by Gasteiger charge is -2.34. The third kappa shape index (κ3) is 5.18. The number of nitrogens with one attached hydrogen (secondary N) is 1. The van der Waals surface area contributed by atoms with Gasteiger partial charge in [-0.05, 0) is 56.5 Å². The number of rotatable bonds is 7. The topological polar surface area (TPSA) is 61.8 Å². The molecule has 0 saturated carbocycles. The van der Waals surface area contributed by atoms with E-state index >= 15 is 0 Å². The quantitative estimate of drug-likeness (QED) is 0.590. The van der Waals surface area contributed by atoms with Crippen LogP contribution in [0.5, 0.6) is 0 Å². The molecule has 1 aromatic carbocycles. The van der Waals surface area contributed by atoms with E-state index in [9.17, 15) is 14.3 Å². The van der Waals surface area contributed by atoms with Gasteiger partial charge in [0.1, 0.15) is 5.82 Å². The van der Waals surface area contributed by atoms with Gasteiger partial charge in [0.05, 0.1) is 13.2 Å². The minimum Gasteiger partial charge on any atom is -0.469 e. The highest BCUT2D eigenvalue weighted by molar-refractivity contribution is 5.69. The normalized spacial score (nSPS) is 16.9. The van der Waals surface area contributed by atoms with Crippen LogP contribution in [0.15, 0.2) is 18.2 Å². The van der Waals surface area contributed by atoms with Gasteiger partial charge in [0, 0.05) is 31.2 Å². The number of hydrogen-bond donors (Lipinski definition) is 2. The Morgan fingerprint density at radius 2 is 2.17 bits per heavy atom. The molecule has 2 rings (SSSR count). The average Bonchev–Trinajstić information content (AvgIpc) is 2.59. The van der Waals surface area contributed by atoms with Crippen LogP contribution in [0.4, 0.5) is 10.1 Å². The monoisotopic (exact) mass is 338 g/mol. The van der Waals surface area contributed by atoms with Crippen molar-refractivity contribution in [3.63, 3.8) is 0 Å². The maximum atomic E-state index is 13.7. The van der Waals surface area contributed by atoms with Gasteiger partial charge in [0.25, 0.3) is 0 Å². The molecule has 1 aliphatic heterocycles. The van der Waals surface area contributed by atoms with Gasteiger partial charge in [-0.2, -0.15) is 0 Å². The number of carbonyl (C=O) groups excluding carboxylic acids is 1. The molecule has 1 heterocycles. The van der Waals surface area contributed by atoms with Crippen molar-refractivity contribution in [2.75, 3.05) is 31.6 Å². The van der Waals surface area contributed by atoms with Crippen LogP contribution in [0.3, 0.4) is 0 Å². The third-order valence-corrected chi connectivity index (χ3v) is 4.50. The molecular formula is C18H27FN2O3. The zero-order valence-electron chi connectivity index (χ0n) is 14.4. The molecule has 2 N–H and O–H groups in total. The first-order chi connectivity index (χ1) is 11.5. The van der Waals surface area contributed by atoms with Crippen LogP contribution in [0.2, 0.25) is 0 Å². The lowest BCUT2D eigenvalue weighted by atomic mass is 10.0. The highest BCUT2D eigenvalue weighted by Gasteiger charge is 2.21. The molecule has 24 heavy (non-hydrogen) atoms. The van der Waals surface area contributed by atoms with E-state index in [1.807, 2.05) is 13.0 Å². The van der Waals surface area contributed by atoms with E-state index in [0.29, 0.717) is 19.4 Å². The molecule has 1 unspecified atom stereocenters. The first-order valence-corrected chi connectivity index (χ1v) is 8.54. The summed E-state index contributed by atoms with van der Waals surface area (Å²) >= 11 is 0. The van der Waals surface area contributed by atoms with E-state index in [0.717, 1.165) is 37.2 Å². The lowest BCUT2D eigenvalue weighted by Crippen LogP contribution is -2.37. The van der Waals surface area contributed by atoms with Gasteiger partial charge in [-0.15, -0.1) is 0 Å². The Kier molecular flexibility index (Phi) is 6.99. The summed E-state index contributed by atoms with van der Waals surface area (Å²) in [5, 5.41) is 13.0. The van der Waals surface area contributed by atoms with E-state index in [4.69, 9.17) is 0 Å². The SMILES string of the molecule is COC(=O)CCCNC(C)c1cc(F)ccc1N1CCC(O)CC1. The highest BCUT2D eigenvalue weighted by Crippen LogP contribution is 2.29. The fraction of sp³-hybridized carbons (Fsp3) is 0.611. The number of hydrogen-bond acceptors (Lipinski definition) is 5. The minimum absolute atomic E-state index is 0.0276. The molecule has 0 bridgehead atoms. The molecule has 0 spiro atoms. The van der Waals surface area contributed by atoms with Crippen molar-refractivity contribution in [1.82, 2.24) is 5.32 Å². The van der Waals surface area contributed by atoms with Crippen LogP contribution in [-0.2, 0) is 9.53 Å². The van der Waals surface area contributed by atoms with Crippen LogP contribution in [0.25, 0.3) is 0 Å². The molecule has 5 nitrogen and oxygen atoms in total. The second kappa shape index (κ2) is 8.99. The van der Waals surface area contributed by atoms with Crippen LogP contribution < -0.4 is 10.2 Å². The third-order valence-electron chi connectivity index (χ3n) is 4.50. The number of esters is 1. The second-order valence-electron chi connectivity index (χ2n) is 6.28. The predicted octanol–water partition coefficient (Wildman–Crippen LogP) is 2.39. The van der Waals surface area contributed by atoms with Crippen LogP contribution in [0, 0.1) is 5.82 Å². The van der Waals surface area contributed by atoms with Crippen molar-refractivity contribution in [2.45, 2.75) is 44.8 Å². The minimum atomic E-state index is -0.256. The number of aliphatic hydroxyl groups excluding tert-OH is 1. The Balaban J connectivity index is 1.99. The molecule has 1 aliphatic rings. The Morgan fingerprint density at radius 1 is 1.46 bits per heavy atom. The Morgan fingerprint density at radius 3 is 2.83 bits per heavy atom. The number of benzene rings is 1. The standard InChI is InChI=1S/C18H27FN2O3/c1-13(20-9-3-4-18(23)24-2)16-12-14(19)5-6-17(16)21-10-7-15(22)8-11-21/h5-6,12-13,15,20,22H,3-4,7-11H2,1-2H3. The largest absolute Gasteiger partial charge is 0.469 e. The Bertz CT molecular complexity index is 545. The van der Waals surface area contributed by atoms with E-state index in [1.54, 1.807) is 6.07 Å². The number of piperidine rings is 1. The Labute approximate surface area is 142 Å². The summed E-state index contributed by atoms with van der Waals surface area (Å²) in [7, 11) is 1.38. The molecule has 0 amide bonds. The van der Waals surface area contributed by atoms with Gasteiger partial charge in [-0.25, -0.2) is 4.39 Å². The number of halogens is 1. The first-order valence-electron chi connectivity index (χ1n) is 8.54. The maximum absolute atomic E-state index is 13.7. The molecular weight excluding hydrogens is 311 g/mol. The molecule has 1 saturated heterocycles. The fourth-order valence-electron chi connectivity index (χ4n) is 3.03. The number of anilines is 1. The predicted molar refractivity (Wildman–Crippen MR) is 91.5 cm³/mol. The molecule has 0 radical (unpaired) electrons. The van der Waals surface area contributed by atoms with Gasteiger partial charge in [0.15, 0.2) is 0 Å². The molecule has 0 aliphatic carbocycles. The molecule has 6 heteroatoms. The van der Waals surface area contributed by atoms with Gasteiger partial charge in [0.2, 0.25) is 0 Å². The van der Waals surface area contributed by atoms with Gasteiger partial charge in [-0.1, -0.05) is 0 Å². The van der Waals surface area contributed by atoms with E-state index in [-0.39, 0.29) is 23.9 Å². The number of ether oxygens (including phenoxy) is 1. The van der Waals surface area contributed by atoms with Crippen LogP contribution in [-0.4, -0.2) is 43.9 Å². The average molecular weight is 338 g/mol. The summed E-state index contributed by atoms with van der Waals surface area (Å²) in [5.41, 5.74) is 1.92. The fourth-order valence-corrected chi connectivity index (χ4v) is 3.03. The van der Waals surface area contributed by atoms with Gasteiger partial charge >= 0.3 is 5.97 Å². The van der Waals surface area contributed by atoms with Crippen molar-refractivity contribution in [3.8, 4) is 0 Å². The van der Waals surface area contributed by atoms with Crippen molar-refractivity contribution >= 4 is 11.7 Å². The van der Waals surface area contributed by atoms with Crippen LogP contribution in [0.1, 0.15) is 44.2 Å². The smallest absolute Gasteiger partial charge is 0.305 e. The molecule has 1 atom stereocenters. The van der Waals surface area contributed by atoms with E-state index in [2.05, 4.69) is 15.0 Å². The first kappa shape index (κ1) is 18.7. The van der Waals surface area contributed by atoms with Crippen molar-refractivity contribution in [1.29, 1.82) is 0 Å². The molecule has 0 aromatic heterocycles. The summed E-state index contributed by atoms with van der Waals surface area (Å²) in [6.07, 6.45) is 2.28. The van der Waals surface area contributed by atoms with E-state index < -0.39 is 0 Å². The Hall–Kier alpha value is -1.66. The van der Waals surface area contributed by atoms with Crippen LogP contribution >= 0.6 is 0 Å². The zero-order chi connectivity index (χ0) is 17.5. The summed E-state index contributed by atoms with van der Waals surface area (Å²) < 4.78 is 18.4. The zero-order valence-corrected chi connectivity index (χ0v) is 14.4. The number of aliphatic hydroxyl groups is 1. The number of nitrogens with zero attached hydrogens (tertiary/aromatic N) is 1. The van der Waals surface area contributed by atoms with Crippen molar-refractivity contribution in [2.24, 2.45) is 0 Å². The highest BCUT2D eigenvalue weighted by atomic mass is 19.1. The van der Waals surface area contributed by atoms with Crippen molar-refractivity contribution < 1.29 is 19.0 Å². The van der Waals surface area contributed by atoms with E-state index in [1.165, 1.54) is 13.2 Å². The molecule has 1 fully saturated rings. The molecule has 1 aromatic rings. The lowest BCUT2D eigenvalue weighted by molar-refractivity contribution is -0.140. The summed E-state index contributed by atoms with van der Waals surface area (Å²) in [6, 6.07) is 4.83. The van der Waals surface area contributed by atoms with Gasteiger partial charge in [-0.3, -0.25) is 4.79 Å².